The molecule has 8 heteroatoms. The summed E-state index contributed by atoms with van der Waals surface area (Å²) in [7, 11) is 1.85. The fourth-order valence-electron chi connectivity index (χ4n) is 1.47. The van der Waals surface area contributed by atoms with Gasteiger partial charge in [0.1, 0.15) is 12.5 Å². The number of azo groups is 1. The molecule has 110 valence electrons. The normalized spacial score (nSPS) is 12.1. The fraction of sp³-hybridized carbons (Fsp3) is 0.417. The standard InChI is InChI=1S/C12H20N6S2/c1-15-12(18-20-14)5-6-19-8-10-3-2-4-11(7-10)17-16-9-13/h2-4,7H,5-6,8-9,13-14H2,1H3,(H,15,18)/b17-16+. The molecule has 20 heavy (non-hydrogen) atoms. The van der Waals surface area contributed by atoms with E-state index in [1.165, 1.54) is 5.56 Å². The minimum absolute atomic E-state index is 0.213. The molecular formula is C12H20N6S2. The maximum absolute atomic E-state index is 5.31. The number of nitrogens with one attached hydrogen (secondary N) is 1. The topological polar surface area (TPSA) is 101 Å². The van der Waals surface area contributed by atoms with Gasteiger partial charge in [-0.05, 0) is 17.7 Å². The summed E-state index contributed by atoms with van der Waals surface area (Å²) in [5, 5.41) is 16.2. The van der Waals surface area contributed by atoms with E-state index in [0.717, 1.165) is 41.6 Å². The Morgan fingerprint density at radius 1 is 1.40 bits per heavy atom. The Morgan fingerprint density at radius 2 is 2.25 bits per heavy atom. The zero-order valence-corrected chi connectivity index (χ0v) is 13.1. The Kier molecular flexibility index (Phi) is 9.05. The van der Waals surface area contributed by atoms with Crippen molar-refractivity contribution in [2.45, 2.75) is 12.2 Å². The third kappa shape index (κ3) is 6.90. The van der Waals surface area contributed by atoms with E-state index in [-0.39, 0.29) is 6.67 Å². The van der Waals surface area contributed by atoms with Gasteiger partial charge in [-0.25, -0.2) is 0 Å². The lowest BCUT2D eigenvalue weighted by atomic mass is 10.2. The number of amidine groups is 1. The van der Waals surface area contributed by atoms with Gasteiger partial charge in [-0.15, -0.1) is 0 Å². The van der Waals surface area contributed by atoms with Crippen LogP contribution in [0.4, 0.5) is 5.69 Å². The summed E-state index contributed by atoms with van der Waals surface area (Å²) >= 11 is 2.82. The predicted molar refractivity (Wildman–Crippen MR) is 89.1 cm³/mol. The Morgan fingerprint density at radius 3 is 2.95 bits per heavy atom. The molecule has 0 saturated carbocycles. The van der Waals surface area contributed by atoms with E-state index in [0.29, 0.717) is 0 Å². The van der Waals surface area contributed by atoms with Gasteiger partial charge in [-0.2, -0.15) is 26.4 Å². The molecule has 0 radical (unpaired) electrons. The van der Waals surface area contributed by atoms with Crippen molar-refractivity contribution < 1.29 is 0 Å². The van der Waals surface area contributed by atoms with E-state index >= 15 is 0 Å². The summed E-state index contributed by atoms with van der Waals surface area (Å²) in [6.45, 7) is 0.213. The number of hydrogen-bond donors (Lipinski definition) is 3. The first kappa shape index (κ1) is 17.0. The highest BCUT2D eigenvalue weighted by Crippen LogP contribution is 2.19. The Bertz CT molecular complexity index is 449. The molecule has 1 rings (SSSR count). The molecule has 0 amide bonds. The summed E-state index contributed by atoms with van der Waals surface area (Å²) in [5.41, 5.74) is 7.35. The number of thioether (sulfide) groups is 1. The van der Waals surface area contributed by atoms with Crippen LogP contribution in [0.5, 0.6) is 0 Å². The summed E-state index contributed by atoms with van der Waals surface area (Å²) in [6, 6.07) is 8.00. The van der Waals surface area contributed by atoms with Crippen LogP contribution < -0.4 is 16.2 Å². The number of nitrogens with zero attached hydrogens (tertiary/aromatic N) is 3. The van der Waals surface area contributed by atoms with Gasteiger partial charge in [0.05, 0.1) is 17.8 Å². The molecule has 0 unspecified atom stereocenters. The van der Waals surface area contributed by atoms with Gasteiger partial charge in [0.2, 0.25) is 0 Å². The first-order valence-electron chi connectivity index (χ1n) is 6.15. The Labute approximate surface area is 128 Å². The van der Waals surface area contributed by atoms with E-state index in [4.69, 9.17) is 10.9 Å². The number of nitrogens with two attached hydrogens (primary N) is 2. The van der Waals surface area contributed by atoms with E-state index in [2.05, 4.69) is 26.0 Å². The SMILES string of the molecule is CN/C(CCSCc1cccc(/N=N/CN)c1)=N\SN. The highest BCUT2D eigenvalue weighted by Gasteiger charge is 1.99. The molecule has 1 aromatic rings. The molecule has 0 fully saturated rings. The molecule has 0 aliphatic heterocycles. The van der Waals surface area contributed by atoms with Crippen LogP contribution in [-0.4, -0.2) is 25.3 Å². The van der Waals surface area contributed by atoms with Crippen LogP contribution in [0.2, 0.25) is 0 Å². The molecule has 1 aromatic carbocycles. The third-order valence-corrected chi connectivity index (χ3v) is 3.74. The summed E-state index contributed by atoms with van der Waals surface area (Å²) < 4.78 is 4.08. The molecule has 0 heterocycles. The van der Waals surface area contributed by atoms with Gasteiger partial charge in [0.15, 0.2) is 0 Å². The van der Waals surface area contributed by atoms with Crippen molar-refractivity contribution in [3.05, 3.63) is 29.8 Å². The van der Waals surface area contributed by atoms with E-state index < -0.39 is 0 Å². The summed E-state index contributed by atoms with van der Waals surface area (Å²) in [4.78, 5) is 0. The second kappa shape index (κ2) is 10.7. The molecule has 0 atom stereocenters. The minimum Gasteiger partial charge on any atom is -0.376 e. The minimum atomic E-state index is 0.213. The van der Waals surface area contributed by atoms with Gasteiger partial charge in [0.25, 0.3) is 0 Å². The second-order valence-corrected chi connectivity index (χ2v) is 5.29. The van der Waals surface area contributed by atoms with Gasteiger partial charge in [-0.1, -0.05) is 12.1 Å². The monoisotopic (exact) mass is 312 g/mol. The van der Waals surface area contributed by atoms with Crippen LogP contribution in [0.1, 0.15) is 12.0 Å². The van der Waals surface area contributed by atoms with Crippen LogP contribution in [0.3, 0.4) is 0 Å². The van der Waals surface area contributed by atoms with Crippen molar-refractivity contribution in [1.29, 1.82) is 0 Å². The maximum Gasteiger partial charge on any atom is 0.112 e. The zero-order valence-electron chi connectivity index (χ0n) is 11.5. The fourth-order valence-corrected chi connectivity index (χ4v) is 2.68. The average molecular weight is 312 g/mol. The van der Waals surface area contributed by atoms with Crippen molar-refractivity contribution in [3.8, 4) is 0 Å². The lowest BCUT2D eigenvalue weighted by molar-refractivity contribution is 0.967. The van der Waals surface area contributed by atoms with Crippen LogP contribution >= 0.6 is 23.9 Å². The first-order valence-corrected chi connectivity index (χ1v) is 8.14. The number of benzene rings is 1. The average Bonchev–Trinajstić information content (AvgIpc) is 2.48. The molecule has 0 aliphatic carbocycles. The maximum atomic E-state index is 5.31. The van der Waals surface area contributed by atoms with Gasteiger partial charge in [-0.3, -0.25) is 5.14 Å². The highest BCUT2D eigenvalue weighted by atomic mass is 32.2. The first-order chi connectivity index (χ1) is 9.80. The van der Waals surface area contributed by atoms with Crippen molar-refractivity contribution in [3.63, 3.8) is 0 Å². The lowest BCUT2D eigenvalue weighted by Crippen LogP contribution is -2.18. The van der Waals surface area contributed by atoms with E-state index in [9.17, 15) is 0 Å². The largest absolute Gasteiger partial charge is 0.376 e. The highest BCUT2D eigenvalue weighted by molar-refractivity contribution is 7.98. The third-order valence-electron chi connectivity index (χ3n) is 2.38. The van der Waals surface area contributed by atoms with Gasteiger partial charge in [0, 0.05) is 25.0 Å². The molecule has 5 N–H and O–H groups in total. The zero-order chi connectivity index (χ0) is 14.6. The van der Waals surface area contributed by atoms with Crippen LogP contribution in [0.25, 0.3) is 0 Å². The van der Waals surface area contributed by atoms with E-state index in [1.54, 1.807) is 0 Å². The Hall–Kier alpha value is -1.09. The molecule has 0 aromatic heterocycles. The molecule has 6 nitrogen and oxygen atoms in total. The van der Waals surface area contributed by atoms with Gasteiger partial charge < -0.3 is 11.1 Å². The van der Waals surface area contributed by atoms with E-state index in [1.807, 2.05) is 37.0 Å². The number of hydrogen-bond acceptors (Lipinski definition) is 7. The molecular weight excluding hydrogens is 292 g/mol. The van der Waals surface area contributed by atoms with Crippen molar-refractivity contribution in [2.75, 3.05) is 19.5 Å². The molecule has 0 bridgehead atoms. The van der Waals surface area contributed by atoms with Crippen molar-refractivity contribution >= 4 is 35.4 Å². The summed E-state index contributed by atoms with van der Waals surface area (Å²) in [5.74, 6) is 2.82. The Balaban J connectivity index is 2.38. The number of rotatable bonds is 8. The van der Waals surface area contributed by atoms with Crippen LogP contribution in [-0.2, 0) is 5.75 Å². The molecule has 0 aliphatic rings. The van der Waals surface area contributed by atoms with Crippen LogP contribution in [0, 0.1) is 0 Å². The molecule has 0 saturated heterocycles. The lowest BCUT2D eigenvalue weighted by Gasteiger charge is -2.05. The van der Waals surface area contributed by atoms with Crippen LogP contribution in [0.15, 0.2) is 38.9 Å². The smallest absolute Gasteiger partial charge is 0.112 e. The second-order valence-electron chi connectivity index (χ2n) is 3.79. The van der Waals surface area contributed by atoms with Gasteiger partial charge >= 0.3 is 0 Å². The quantitative estimate of drug-likeness (QED) is 0.225. The van der Waals surface area contributed by atoms with Crippen molar-refractivity contribution in [1.82, 2.24) is 5.32 Å². The predicted octanol–water partition coefficient (Wildman–Crippen LogP) is 2.45. The molecule has 0 spiro atoms. The van der Waals surface area contributed by atoms with Crippen molar-refractivity contribution in [2.24, 2.45) is 25.5 Å². The summed E-state index contributed by atoms with van der Waals surface area (Å²) in [6.07, 6.45) is 0.873.